The summed E-state index contributed by atoms with van der Waals surface area (Å²) >= 11 is 4.24. The highest BCUT2D eigenvalue weighted by Crippen LogP contribution is 2.38. The van der Waals surface area contributed by atoms with Gasteiger partial charge in [-0.25, -0.2) is 0 Å². The van der Waals surface area contributed by atoms with Crippen LogP contribution in [0.4, 0.5) is 5.69 Å². The van der Waals surface area contributed by atoms with E-state index >= 15 is 0 Å². The molecule has 5 heteroatoms. The molecule has 2 aromatic rings. The minimum atomic E-state index is -0.0537. The van der Waals surface area contributed by atoms with Crippen LogP contribution >= 0.6 is 37.2 Å². The molecule has 3 nitrogen and oxygen atoms in total. The summed E-state index contributed by atoms with van der Waals surface area (Å²) < 4.78 is 0. The van der Waals surface area contributed by atoms with Gasteiger partial charge >= 0.3 is 0 Å². The Balaban J connectivity index is 0.00000100. The summed E-state index contributed by atoms with van der Waals surface area (Å²) in [5, 5.41) is 3.09. The molecule has 126 valence electrons. The van der Waals surface area contributed by atoms with Crippen molar-refractivity contribution in [3.63, 3.8) is 0 Å². The Hall–Kier alpha value is -0.960. The molecule has 1 N–H and O–H groups in total. The maximum absolute atomic E-state index is 13.1. The van der Waals surface area contributed by atoms with Crippen molar-refractivity contribution in [2.75, 3.05) is 12.4 Å². The number of halogens is 2. The standard InChI is InChI=1S/C19H19NO2.I2/c1-9-6-7-10(2)14-13(9)18(21)15-11(3)8-12(4)17(20-5)16(15)19(14)22;1-2/h6-8,20H,1-5H3;. The van der Waals surface area contributed by atoms with E-state index in [0.717, 1.165) is 27.9 Å². The fourth-order valence-corrected chi connectivity index (χ4v) is 3.48. The lowest BCUT2D eigenvalue weighted by Crippen LogP contribution is -2.26. The van der Waals surface area contributed by atoms with Crippen LogP contribution in [0.15, 0.2) is 18.2 Å². The Morgan fingerprint density at radius 2 is 1.12 bits per heavy atom. The molecular formula is C19H19I2NO2. The molecule has 24 heavy (non-hydrogen) atoms. The Morgan fingerprint density at radius 1 is 0.708 bits per heavy atom. The first kappa shape index (κ1) is 19.4. The van der Waals surface area contributed by atoms with E-state index in [0.29, 0.717) is 22.3 Å². The molecule has 0 aliphatic heterocycles. The molecule has 3 rings (SSSR count). The molecular weight excluding hydrogens is 528 g/mol. The monoisotopic (exact) mass is 547 g/mol. The summed E-state index contributed by atoms with van der Waals surface area (Å²) in [4.78, 5) is 26.2. The van der Waals surface area contributed by atoms with Gasteiger partial charge in [0, 0.05) is 66.7 Å². The van der Waals surface area contributed by atoms with Crippen molar-refractivity contribution in [3.05, 3.63) is 62.7 Å². The SMILES string of the molecule is CNc1c(C)cc(C)c2c1C(=O)c1c(C)ccc(C)c1C2=O.II. The zero-order chi connectivity index (χ0) is 18.2. The molecule has 0 bridgehead atoms. The highest BCUT2D eigenvalue weighted by molar-refractivity contribution is 15.0. The van der Waals surface area contributed by atoms with Gasteiger partial charge in [0.15, 0.2) is 11.6 Å². The Kier molecular flexibility index (Phi) is 6.06. The highest BCUT2D eigenvalue weighted by Gasteiger charge is 2.35. The lowest BCUT2D eigenvalue weighted by Gasteiger charge is -2.25. The van der Waals surface area contributed by atoms with Crippen LogP contribution in [0, 0.1) is 27.7 Å². The number of benzene rings is 2. The van der Waals surface area contributed by atoms with Crippen LogP contribution in [-0.2, 0) is 0 Å². The number of nitrogens with one attached hydrogen (secondary N) is 1. The summed E-state index contributed by atoms with van der Waals surface area (Å²) in [6, 6.07) is 5.78. The van der Waals surface area contributed by atoms with Crippen LogP contribution in [-0.4, -0.2) is 18.6 Å². The lowest BCUT2D eigenvalue weighted by atomic mass is 9.77. The zero-order valence-electron chi connectivity index (χ0n) is 14.3. The molecule has 1 aliphatic rings. The summed E-state index contributed by atoms with van der Waals surface area (Å²) in [5.41, 5.74) is 6.48. The average molecular weight is 547 g/mol. The lowest BCUT2D eigenvalue weighted by molar-refractivity contribution is 0.0978. The van der Waals surface area contributed by atoms with E-state index in [4.69, 9.17) is 0 Å². The predicted octanol–water partition coefficient (Wildman–Crippen LogP) is 5.51. The third-order valence-electron chi connectivity index (χ3n) is 4.50. The Labute approximate surface area is 165 Å². The molecule has 0 unspecified atom stereocenters. The van der Waals surface area contributed by atoms with Crippen LogP contribution in [0.25, 0.3) is 0 Å². The molecule has 0 fully saturated rings. The molecule has 0 aromatic heterocycles. The second-order valence-electron chi connectivity index (χ2n) is 5.99. The fraction of sp³-hybridized carbons (Fsp3) is 0.263. The smallest absolute Gasteiger partial charge is 0.196 e. The quantitative estimate of drug-likeness (QED) is 0.409. The zero-order valence-corrected chi connectivity index (χ0v) is 18.6. The molecule has 0 heterocycles. The Bertz CT molecular complexity index is 857. The van der Waals surface area contributed by atoms with E-state index in [1.807, 2.05) is 45.9 Å². The summed E-state index contributed by atoms with van der Waals surface area (Å²) in [6.45, 7) is 7.62. The van der Waals surface area contributed by atoms with Crippen molar-refractivity contribution < 1.29 is 9.59 Å². The third kappa shape index (κ3) is 2.89. The van der Waals surface area contributed by atoms with Gasteiger partial charge in [0.2, 0.25) is 0 Å². The minimum absolute atomic E-state index is 0.0419. The number of carbonyl (C=O) groups excluding carboxylic acids is 2. The van der Waals surface area contributed by atoms with Crippen molar-refractivity contribution in [2.45, 2.75) is 27.7 Å². The number of hydrogen-bond donors (Lipinski definition) is 1. The fourth-order valence-electron chi connectivity index (χ4n) is 3.48. The van der Waals surface area contributed by atoms with E-state index in [-0.39, 0.29) is 11.6 Å². The second-order valence-corrected chi connectivity index (χ2v) is 5.99. The predicted molar refractivity (Wildman–Crippen MR) is 116 cm³/mol. The van der Waals surface area contributed by atoms with Crippen LogP contribution in [0.3, 0.4) is 0 Å². The molecule has 0 amide bonds. The number of anilines is 1. The van der Waals surface area contributed by atoms with Crippen LogP contribution in [0.5, 0.6) is 0 Å². The van der Waals surface area contributed by atoms with E-state index in [1.54, 1.807) is 7.05 Å². The van der Waals surface area contributed by atoms with Gasteiger partial charge in [0.1, 0.15) is 0 Å². The van der Waals surface area contributed by atoms with Crippen LogP contribution in [0.2, 0.25) is 0 Å². The molecule has 0 atom stereocenters. The topological polar surface area (TPSA) is 46.2 Å². The number of ketones is 2. The largest absolute Gasteiger partial charge is 0.387 e. The summed E-state index contributed by atoms with van der Waals surface area (Å²) in [6.07, 6.45) is 0. The molecule has 2 aromatic carbocycles. The van der Waals surface area contributed by atoms with E-state index in [9.17, 15) is 9.59 Å². The van der Waals surface area contributed by atoms with Crippen molar-refractivity contribution in [2.24, 2.45) is 0 Å². The van der Waals surface area contributed by atoms with Crippen LogP contribution < -0.4 is 5.32 Å². The first-order chi connectivity index (χ1) is 11.4. The van der Waals surface area contributed by atoms with Crippen molar-refractivity contribution in [3.8, 4) is 0 Å². The number of rotatable bonds is 1. The first-order valence-electron chi connectivity index (χ1n) is 7.54. The Morgan fingerprint density at radius 3 is 1.58 bits per heavy atom. The second kappa shape index (κ2) is 7.51. The molecule has 0 spiro atoms. The number of carbonyl (C=O) groups is 2. The summed E-state index contributed by atoms with van der Waals surface area (Å²) in [7, 11) is 1.79. The highest BCUT2D eigenvalue weighted by atomic mass is 128. The number of aryl methyl sites for hydroxylation is 4. The van der Waals surface area contributed by atoms with Gasteiger partial charge in [0.05, 0.1) is 5.56 Å². The van der Waals surface area contributed by atoms with Gasteiger partial charge in [-0.15, -0.1) is 0 Å². The maximum Gasteiger partial charge on any atom is 0.196 e. The molecule has 0 saturated heterocycles. The molecule has 0 radical (unpaired) electrons. The van der Waals surface area contributed by atoms with Gasteiger partial charge in [-0.3, -0.25) is 9.59 Å². The minimum Gasteiger partial charge on any atom is -0.387 e. The average Bonchev–Trinajstić information content (AvgIpc) is 2.56. The van der Waals surface area contributed by atoms with Crippen molar-refractivity contribution >= 4 is 54.5 Å². The van der Waals surface area contributed by atoms with Crippen molar-refractivity contribution in [1.29, 1.82) is 0 Å². The number of fused-ring (bicyclic) bond motifs is 2. The van der Waals surface area contributed by atoms with E-state index in [1.165, 1.54) is 0 Å². The molecule has 1 aliphatic carbocycles. The van der Waals surface area contributed by atoms with E-state index < -0.39 is 0 Å². The van der Waals surface area contributed by atoms with Gasteiger partial charge in [0.25, 0.3) is 0 Å². The van der Waals surface area contributed by atoms with Gasteiger partial charge < -0.3 is 5.32 Å². The number of hydrogen-bond acceptors (Lipinski definition) is 3. The summed E-state index contributed by atoms with van der Waals surface area (Å²) in [5.74, 6) is -0.0956. The first-order valence-corrected chi connectivity index (χ1v) is 13.8. The molecule has 0 saturated carbocycles. The van der Waals surface area contributed by atoms with E-state index in [2.05, 4.69) is 42.5 Å². The maximum atomic E-state index is 13.1. The van der Waals surface area contributed by atoms with Gasteiger partial charge in [-0.1, -0.05) is 18.2 Å². The van der Waals surface area contributed by atoms with Crippen molar-refractivity contribution in [1.82, 2.24) is 0 Å². The third-order valence-corrected chi connectivity index (χ3v) is 4.50. The normalized spacial score (nSPS) is 12.1. The van der Waals surface area contributed by atoms with Gasteiger partial charge in [-0.05, 0) is 49.9 Å². The van der Waals surface area contributed by atoms with Gasteiger partial charge in [-0.2, -0.15) is 0 Å². The van der Waals surface area contributed by atoms with Crippen LogP contribution in [0.1, 0.15) is 54.1 Å².